The number of thiophene rings is 1. The summed E-state index contributed by atoms with van der Waals surface area (Å²) in [4.78, 5) is 10.0. The molecule has 1 atom stereocenters. The summed E-state index contributed by atoms with van der Waals surface area (Å²) < 4.78 is 5.99. The van der Waals surface area contributed by atoms with Crippen LogP contribution in [0.3, 0.4) is 0 Å². The number of aromatic nitrogens is 1. The van der Waals surface area contributed by atoms with E-state index < -0.39 is 0 Å². The van der Waals surface area contributed by atoms with Gasteiger partial charge in [0.2, 0.25) is 5.88 Å². The Morgan fingerprint density at radius 2 is 2.15 bits per heavy atom. The maximum atomic E-state index is 5.99. The molecule has 0 radical (unpaired) electrons. The molecule has 27 heavy (non-hydrogen) atoms. The van der Waals surface area contributed by atoms with Crippen LogP contribution in [0.15, 0.2) is 40.8 Å². The molecule has 0 spiro atoms. The molecular formula is C20H29IN4OS. The van der Waals surface area contributed by atoms with E-state index in [1.165, 1.54) is 17.7 Å². The Kier molecular flexibility index (Phi) is 9.33. The number of rotatable bonds is 7. The second-order valence-electron chi connectivity index (χ2n) is 6.75. The van der Waals surface area contributed by atoms with Gasteiger partial charge in [0, 0.05) is 43.2 Å². The first kappa shape index (κ1) is 21.9. The molecule has 0 amide bonds. The predicted molar refractivity (Wildman–Crippen MR) is 123 cm³/mol. The molecule has 2 aromatic rings. The minimum absolute atomic E-state index is 0. The molecule has 0 saturated heterocycles. The van der Waals surface area contributed by atoms with Crippen LogP contribution in [0.25, 0.3) is 0 Å². The van der Waals surface area contributed by atoms with Crippen LogP contribution < -0.4 is 15.4 Å². The summed E-state index contributed by atoms with van der Waals surface area (Å²) in [5.74, 6) is 2.00. The zero-order valence-corrected chi connectivity index (χ0v) is 19.1. The molecule has 1 aliphatic carbocycles. The zero-order valence-electron chi connectivity index (χ0n) is 16.0. The van der Waals surface area contributed by atoms with Crippen molar-refractivity contribution in [1.82, 2.24) is 15.6 Å². The first-order valence-corrected chi connectivity index (χ1v) is 10.2. The van der Waals surface area contributed by atoms with E-state index in [0.717, 1.165) is 36.8 Å². The summed E-state index contributed by atoms with van der Waals surface area (Å²) in [6.07, 6.45) is 6.96. The van der Waals surface area contributed by atoms with E-state index in [-0.39, 0.29) is 24.0 Å². The minimum Gasteiger partial charge on any atom is -0.474 e. The average molecular weight is 500 g/mol. The molecule has 2 heterocycles. The van der Waals surface area contributed by atoms with Gasteiger partial charge in [0.25, 0.3) is 0 Å². The molecule has 1 aliphatic rings. The Morgan fingerprint density at radius 3 is 2.85 bits per heavy atom. The van der Waals surface area contributed by atoms with Crippen molar-refractivity contribution < 1.29 is 4.74 Å². The van der Waals surface area contributed by atoms with Crippen molar-refractivity contribution in [1.29, 1.82) is 0 Å². The predicted octanol–water partition coefficient (Wildman–Crippen LogP) is 4.55. The van der Waals surface area contributed by atoms with E-state index in [1.807, 2.05) is 18.3 Å². The standard InChI is InChI=1S/C20H28N4OS.HI/c1-15(18-8-5-11-26-18)13-23-20(21-2)24-14-16-9-10-22-19(12-16)25-17-6-3-4-7-17;/h5,8-12,15,17H,3-4,6-7,13-14H2,1-2H3,(H2,21,23,24);1H. The Morgan fingerprint density at radius 1 is 1.33 bits per heavy atom. The quantitative estimate of drug-likeness (QED) is 0.333. The zero-order chi connectivity index (χ0) is 18.2. The highest BCUT2D eigenvalue weighted by Gasteiger charge is 2.17. The lowest BCUT2D eigenvalue weighted by Gasteiger charge is -2.16. The number of aliphatic imine (C=N–C) groups is 1. The van der Waals surface area contributed by atoms with Gasteiger partial charge >= 0.3 is 0 Å². The highest BCUT2D eigenvalue weighted by atomic mass is 127. The Bertz CT molecular complexity index is 702. The molecule has 2 aromatic heterocycles. The molecule has 0 bridgehead atoms. The van der Waals surface area contributed by atoms with Crippen LogP contribution in [0.5, 0.6) is 5.88 Å². The van der Waals surface area contributed by atoms with Crippen molar-refractivity contribution in [2.45, 2.75) is 51.2 Å². The summed E-state index contributed by atoms with van der Waals surface area (Å²) in [5.41, 5.74) is 1.14. The fourth-order valence-corrected chi connectivity index (χ4v) is 3.92. The summed E-state index contributed by atoms with van der Waals surface area (Å²) in [6.45, 7) is 3.77. The highest BCUT2D eigenvalue weighted by molar-refractivity contribution is 14.0. The monoisotopic (exact) mass is 500 g/mol. The molecule has 3 rings (SSSR count). The molecule has 0 aromatic carbocycles. The number of halogens is 1. The van der Waals surface area contributed by atoms with Crippen molar-refractivity contribution in [3.63, 3.8) is 0 Å². The van der Waals surface area contributed by atoms with Crippen LogP contribution in [-0.2, 0) is 6.54 Å². The van der Waals surface area contributed by atoms with Crippen molar-refractivity contribution in [2.24, 2.45) is 4.99 Å². The molecule has 0 aliphatic heterocycles. The van der Waals surface area contributed by atoms with E-state index in [4.69, 9.17) is 4.74 Å². The minimum atomic E-state index is 0. The van der Waals surface area contributed by atoms with Crippen molar-refractivity contribution in [3.8, 4) is 5.88 Å². The van der Waals surface area contributed by atoms with Crippen LogP contribution >= 0.6 is 35.3 Å². The molecule has 1 unspecified atom stereocenters. The summed E-state index contributed by atoms with van der Waals surface area (Å²) in [7, 11) is 1.80. The fourth-order valence-electron chi connectivity index (χ4n) is 3.13. The maximum absolute atomic E-state index is 5.99. The van der Waals surface area contributed by atoms with Gasteiger partial charge in [-0.3, -0.25) is 4.99 Å². The average Bonchev–Trinajstić information content (AvgIpc) is 3.36. The number of nitrogens with zero attached hydrogens (tertiary/aromatic N) is 2. The molecule has 1 saturated carbocycles. The number of pyridine rings is 1. The lowest BCUT2D eigenvalue weighted by Crippen LogP contribution is -2.38. The van der Waals surface area contributed by atoms with E-state index in [2.05, 4.69) is 45.0 Å². The lowest BCUT2D eigenvalue weighted by molar-refractivity contribution is 0.201. The van der Waals surface area contributed by atoms with E-state index in [1.54, 1.807) is 18.4 Å². The molecule has 5 nitrogen and oxygen atoms in total. The smallest absolute Gasteiger partial charge is 0.213 e. The van der Waals surface area contributed by atoms with Crippen LogP contribution in [0.1, 0.15) is 49.0 Å². The van der Waals surface area contributed by atoms with Gasteiger partial charge < -0.3 is 15.4 Å². The summed E-state index contributed by atoms with van der Waals surface area (Å²) in [5, 5.41) is 8.88. The van der Waals surface area contributed by atoms with Gasteiger partial charge in [-0.1, -0.05) is 13.0 Å². The van der Waals surface area contributed by atoms with Crippen LogP contribution in [0.2, 0.25) is 0 Å². The number of nitrogens with one attached hydrogen (secondary N) is 2. The first-order valence-electron chi connectivity index (χ1n) is 9.34. The van der Waals surface area contributed by atoms with Gasteiger partial charge in [0.1, 0.15) is 6.10 Å². The molecule has 7 heteroatoms. The Balaban J connectivity index is 0.00000261. The van der Waals surface area contributed by atoms with Gasteiger partial charge in [0.15, 0.2) is 5.96 Å². The van der Waals surface area contributed by atoms with E-state index >= 15 is 0 Å². The normalized spacial score (nSPS) is 15.9. The third kappa shape index (κ3) is 6.95. The molecule has 2 N–H and O–H groups in total. The van der Waals surface area contributed by atoms with Gasteiger partial charge in [0.05, 0.1) is 0 Å². The number of hydrogen-bond acceptors (Lipinski definition) is 4. The van der Waals surface area contributed by atoms with Gasteiger partial charge in [-0.25, -0.2) is 4.98 Å². The van der Waals surface area contributed by atoms with Crippen LogP contribution in [-0.4, -0.2) is 30.6 Å². The third-order valence-corrected chi connectivity index (χ3v) is 5.78. The fraction of sp³-hybridized carbons (Fsp3) is 0.500. The van der Waals surface area contributed by atoms with Crippen molar-refractivity contribution >= 4 is 41.3 Å². The SMILES string of the molecule is CN=C(NCc1ccnc(OC2CCCC2)c1)NCC(C)c1cccs1.I. The maximum Gasteiger partial charge on any atom is 0.213 e. The number of ether oxygens (including phenoxy) is 1. The third-order valence-electron chi connectivity index (χ3n) is 4.68. The number of guanidine groups is 1. The van der Waals surface area contributed by atoms with Crippen LogP contribution in [0, 0.1) is 0 Å². The largest absolute Gasteiger partial charge is 0.474 e. The second kappa shape index (κ2) is 11.5. The second-order valence-corrected chi connectivity index (χ2v) is 7.73. The Labute approximate surface area is 183 Å². The number of hydrogen-bond donors (Lipinski definition) is 2. The van der Waals surface area contributed by atoms with E-state index in [9.17, 15) is 0 Å². The van der Waals surface area contributed by atoms with Gasteiger partial charge in [-0.15, -0.1) is 35.3 Å². The van der Waals surface area contributed by atoms with Crippen LogP contribution in [0.4, 0.5) is 0 Å². The molecule has 1 fully saturated rings. The van der Waals surface area contributed by atoms with Crippen molar-refractivity contribution in [2.75, 3.05) is 13.6 Å². The summed E-state index contributed by atoms with van der Waals surface area (Å²) >= 11 is 1.79. The van der Waals surface area contributed by atoms with Gasteiger partial charge in [-0.05, 0) is 48.8 Å². The Hall–Kier alpha value is -1.35. The van der Waals surface area contributed by atoms with Gasteiger partial charge in [-0.2, -0.15) is 0 Å². The van der Waals surface area contributed by atoms with Crippen molar-refractivity contribution in [3.05, 3.63) is 46.3 Å². The topological polar surface area (TPSA) is 58.5 Å². The lowest BCUT2D eigenvalue weighted by atomic mass is 10.1. The summed E-state index contributed by atoms with van der Waals surface area (Å²) in [6, 6.07) is 8.30. The molecular weight excluding hydrogens is 471 g/mol. The molecule has 148 valence electrons. The highest BCUT2D eigenvalue weighted by Crippen LogP contribution is 2.23. The first-order chi connectivity index (χ1) is 12.7. The van der Waals surface area contributed by atoms with E-state index in [0.29, 0.717) is 18.6 Å².